The number of ether oxygens (including phenoxy) is 1. The molecule has 1 aliphatic heterocycles. The first-order chi connectivity index (χ1) is 10.5. The van der Waals surface area contributed by atoms with Crippen LogP contribution in [0.3, 0.4) is 0 Å². The quantitative estimate of drug-likeness (QED) is 0.867. The van der Waals surface area contributed by atoms with Gasteiger partial charge in [-0.3, -0.25) is 4.79 Å². The van der Waals surface area contributed by atoms with Crippen LogP contribution in [0.2, 0.25) is 0 Å². The smallest absolute Gasteiger partial charge is 0.326 e. The Labute approximate surface area is 138 Å². The number of benzene rings is 1. The first-order valence-corrected chi connectivity index (χ1v) is 7.95. The highest BCUT2D eigenvalue weighted by atomic mass is 16.5. The van der Waals surface area contributed by atoms with E-state index >= 15 is 0 Å². The van der Waals surface area contributed by atoms with Crippen molar-refractivity contribution in [1.29, 1.82) is 0 Å². The molecule has 2 rings (SSSR count). The van der Waals surface area contributed by atoms with Gasteiger partial charge in [0.1, 0.15) is 12.1 Å². The number of rotatable bonds is 3. The van der Waals surface area contributed by atoms with E-state index in [9.17, 15) is 10.0 Å². The second kappa shape index (κ2) is 5.89. The van der Waals surface area contributed by atoms with E-state index in [1.165, 1.54) is 0 Å². The highest BCUT2D eigenvalue weighted by molar-refractivity contribution is 5.81. The summed E-state index contributed by atoms with van der Waals surface area (Å²) in [6.45, 7) is 9.46. The zero-order chi connectivity index (χ0) is 17.5. The van der Waals surface area contributed by atoms with Gasteiger partial charge in [0.2, 0.25) is 0 Å². The summed E-state index contributed by atoms with van der Waals surface area (Å²) < 4.78 is 5.45. The number of aryl methyl sites for hydroxylation is 1. The average Bonchev–Trinajstić information content (AvgIpc) is 2.43. The lowest BCUT2D eigenvalue weighted by Crippen LogP contribution is -2.68. The molecule has 0 radical (unpaired) electrons. The highest BCUT2D eigenvalue weighted by Gasteiger charge is 2.51. The number of nitrogens with zero attached hydrogens (tertiary/aromatic N) is 1. The van der Waals surface area contributed by atoms with Crippen LogP contribution >= 0.6 is 0 Å². The topological polar surface area (TPSA) is 78.6 Å². The van der Waals surface area contributed by atoms with Gasteiger partial charge in [0, 0.05) is 11.1 Å². The lowest BCUT2D eigenvalue weighted by Gasteiger charge is -2.61. The van der Waals surface area contributed by atoms with Crippen molar-refractivity contribution in [2.45, 2.75) is 70.7 Å². The molecule has 1 aliphatic rings. The Bertz CT molecular complexity index is 560. The van der Waals surface area contributed by atoms with Crippen LogP contribution < -0.4 is 5.73 Å². The standard InChI is InChI=1S/C18H27N2O3/c1-13-6-8-14(9-7-13)10-23-15(21)18(19)11-16(2,3)20(22)17(4,5)12-18/h6-9H,10-12,19H2,1-5H3/q-1. The molecule has 5 nitrogen and oxygen atoms in total. The van der Waals surface area contributed by atoms with E-state index < -0.39 is 22.6 Å². The molecule has 1 fully saturated rings. The SMILES string of the molecule is Cc1ccc(COC(=O)C2(N)CC(C)(C)N([O-])C(C)(C)C2)cc1. The molecular formula is C18H27N2O3-. The third kappa shape index (κ3) is 3.74. The van der Waals surface area contributed by atoms with Crippen LogP contribution in [0.4, 0.5) is 0 Å². The summed E-state index contributed by atoms with van der Waals surface area (Å²) in [6.07, 6.45) is 0.555. The molecule has 0 aliphatic carbocycles. The van der Waals surface area contributed by atoms with Gasteiger partial charge in [-0.05, 0) is 53.0 Å². The Morgan fingerprint density at radius 1 is 1.17 bits per heavy atom. The van der Waals surface area contributed by atoms with Crippen LogP contribution in [0, 0.1) is 12.1 Å². The molecule has 0 atom stereocenters. The second-order valence-corrected chi connectivity index (χ2v) is 7.99. The van der Waals surface area contributed by atoms with Gasteiger partial charge < -0.3 is 20.7 Å². The van der Waals surface area contributed by atoms with Crippen molar-refractivity contribution in [1.82, 2.24) is 5.06 Å². The van der Waals surface area contributed by atoms with E-state index in [1.807, 2.05) is 58.9 Å². The summed E-state index contributed by atoms with van der Waals surface area (Å²) in [6, 6.07) is 7.81. The molecule has 2 N–H and O–H groups in total. The van der Waals surface area contributed by atoms with Crippen molar-refractivity contribution in [3.63, 3.8) is 0 Å². The van der Waals surface area contributed by atoms with E-state index in [0.717, 1.165) is 16.2 Å². The lowest BCUT2D eigenvalue weighted by atomic mass is 9.71. The van der Waals surface area contributed by atoms with E-state index in [1.54, 1.807) is 0 Å². The fourth-order valence-corrected chi connectivity index (χ4v) is 3.69. The van der Waals surface area contributed by atoms with Crippen LogP contribution in [-0.2, 0) is 16.1 Å². The van der Waals surface area contributed by atoms with Crippen LogP contribution in [0.15, 0.2) is 24.3 Å². The van der Waals surface area contributed by atoms with Crippen molar-refractivity contribution in [2.24, 2.45) is 5.73 Å². The molecule has 0 aromatic heterocycles. The summed E-state index contributed by atoms with van der Waals surface area (Å²) in [5, 5.41) is 13.5. The van der Waals surface area contributed by atoms with Crippen molar-refractivity contribution in [2.75, 3.05) is 0 Å². The number of carbonyl (C=O) groups excluding carboxylic acids is 1. The van der Waals surface area contributed by atoms with Crippen LogP contribution in [0.25, 0.3) is 0 Å². The van der Waals surface area contributed by atoms with Gasteiger partial charge in [-0.1, -0.05) is 29.8 Å². The number of nitrogens with two attached hydrogens (primary N) is 1. The highest BCUT2D eigenvalue weighted by Crippen LogP contribution is 2.42. The Balaban J connectivity index is 2.09. The Hall–Kier alpha value is -1.43. The van der Waals surface area contributed by atoms with Gasteiger partial charge >= 0.3 is 5.97 Å². The maximum Gasteiger partial charge on any atom is 0.326 e. The van der Waals surface area contributed by atoms with Gasteiger partial charge in [-0.15, -0.1) is 0 Å². The zero-order valence-electron chi connectivity index (χ0n) is 14.7. The zero-order valence-corrected chi connectivity index (χ0v) is 14.7. The molecule has 5 heteroatoms. The van der Waals surface area contributed by atoms with Gasteiger partial charge in [0.15, 0.2) is 0 Å². The van der Waals surface area contributed by atoms with Crippen molar-refractivity contribution in [3.8, 4) is 0 Å². The monoisotopic (exact) mass is 319 g/mol. The molecule has 23 heavy (non-hydrogen) atoms. The first kappa shape index (κ1) is 17.9. The number of hydrogen-bond acceptors (Lipinski definition) is 5. The number of hydrogen-bond donors (Lipinski definition) is 1. The average molecular weight is 319 g/mol. The van der Waals surface area contributed by atoms with Gasteiger partial charge in [-0.2, -0.15) is 0 Å². The normalized spacial score (nSPS) is 22.6. The predicted molar refractivity (Wildman–Crippen MR) is 90.5 cm³/mol. The molecule has 0 unspecified atom stereocenters. The minimum Gasteiger partial charge on any atom is -0.784 e. The van der Waals surface area contributed by atoms with Gasteiger partial charge in [-0.25, -0.2) is 0 Å². The Morgan fingerprint density at radius 3 is 2.13 bits per heavy atom. The maximum atomic E-state index is 12.6. The Morgan fingerprint density at radius 2 is 1.65 bits per heavy atom. The molecule has 0 amide bonds. The van der Waals surface area contributed by atoms with Crippen LogP contribution in [0.5, 0.6) is 0 Å². The fourth-order valence-electron chi connectivity index (χ4n) is 3.69. The van der Waals surface area contributed by atoms with E-state index in [4.69, 9.17) is 10.5 Å². The van der Waals surface area contributed by atoms with Crippen molar-refractivity contribution < 1.29 is 9.53 Å². The number of carbonyl (C=O) groups is 1. The Kier molecular flexibility index (Phi) is 4.59. The van der Waals surface area contributed by atoms with E-state index in [-0.39, 0.29) is 19.4 Å². The molecule has 128 valence electrons. The summed E-state index contributed by atoms with van der Waals surface area (Å²) in [4.78, 5) is 12.6. The lowest BCUT2D eigenvalue weighted by molar-refractivity contribution is -0.159. The summed E-state index contributed by atoms with van der Waals surface area (Å²) in [5.74, 6) is -0.438. The third-order valence-electron chi connectivity index (χ3n) is 4.49. The van der Waals surface area contributed by atoms with E-state index in [2.05, 4.69) is 0 Å². The molecule has 0 spiro atoms. The summed E-state index contributed by atoms with van der Waals surface area (Å²) in [7, 11) is 0. The number of piperidine rings is 1. The molecule has 1 heterocycles. The fraction of sp³-hybridized carbons (Fsp3) is 0.611. The minimum atomic E-state index is -1.14. The predicted octanol–water partition coefficient (Wildman–Crippen LogP) is 2.89. The number of hydroxylamine groups is 2. The first-order valence-electron chi connectivity index (χ1n) is 7.95. The van der Waals surface area contributed by atoms with Gasteiger partial charge in [0.25, 0.3) is 0 Å². The second-order valence-electron chi connectivity index (χ2n) is 7.99. The molecule has 0 saturated carbocycles. The maximum absolute atomic E-state index is 12.6. The molecule has 0 bridgehead atoms. The number of esters is 1. The van der Waals surface area contributed by atoms with Gasteiger partial charge in [0.05, 0.1) is 0 Å². The van der Waals surface area contributed by atoms with E-state index in [0.29, 0.717) is 0 Å². The van der Waals surface area contributed by atoms with Crippen LogP contribution in [-0.4, -0.2) is 27.6 Å². The summed E-state index contributed by atoms with van der Waals surface area (Å²) >= 11 is 0. The summed E-state index contributed by atoms with van der Waals surface area (Å²) in [5.41, 5.74) is 5.88. The third-order valence-corrected chi connectivity index (χ3v) is 4.49. The van der Waals surface area contributed by atoms with Crippen LogP contribution in [0.1, 0.15) is 51.7 Å². The molecule has 1 aromatic carbocycles. The minimum absolute atomic E-state index is 0.194. The largest absolute Gasteiger partial charge is 0.784 e. The molecular weight excluding hydrogens is 292 g/mol. The molecule has 1 saturated heterocycles. The van der Waals surface area contributed by atoms with Crippen molar-refractivity contribution in [3.05, 3.63) is 40.6 Å². The van der Waals surface area contributed by atoms with Crippen molar-refractivity contribution >= 4 is 5.97 Å². The molecule has 1 aromatic rings.